The van der Waals surface area contributed by atoms with Crippen LogP contribution in [0.25, 0.3) is 76.5 Å². The minimum Gasteiger partial charge on any atom is -0.310 e. The van der Waals surface area contributed by atoms with Gasteiger partial charge < -0.3 is 9.80 Å². The topological polar surface area (TPSA) is 6.48 Å². The van der Waals surface area contributed by atoms with Crippen molar-refractivity contribution in [1.29, 1.82) is 0 Å². The molecule has 0 unspecified atom stereocenters. The van der Waals surface area contributed by atoms with Crippen molar-refractivity contribution in [2.24, 2.45) is 0 Å². The third kappa shape index (κ3) is 6.35. The summed E-state index contributed by atoms with van der Waals surface area (Å²) >= 11 is 0. The first-order valence-corrected chi connectivity index (χ1v) is 25.3. The predicted octanol–water partition coefficient (Wildman–Crippen LogP) is 19.5. The third-order valence-corrected chi connectivity index (χ3v) is 16.2. The summed E-state index contributed by atoms with van der Waals surface area (Å²) in [7, 11) is 0. The van der Waals surface area contributed by atoms with Gasteiger partial charge in [0.1, 0.15) is 0 Å². The maximum Gasteiger partial charge on any atom is 0.0618 e. The van der Waals surface area contributed by atoms with E-state index in [1.807, 2.05) is 0 Å². The molecule has 12 aromatic carbocycles. The van der Waals surface area contributed by atoms with Gasteiger partial charge >= 0.3 is 0 Å². The molecule has 12 aromatic rings. The number of benzene rings is 12. The summed E-state index contributed by atoms with van der Waals surface area (Å²) < 4.78 is 0. The highest BCUT2D eigenvalue weighted by Gasteiger charge is 2.37. The lowest BCUT2D eigenvalue weighted by Gasteiger charge is -2.31. The number of fused-ring (bicyclic) bond motifs is 10. The molecule has 2 heteroatoms. The number of nitrogens with zero attached hydrogens (tertiary/aromatic N) is 2. The van der Waals surface area contributed by atoms with Crippen LogP contribution >= 0.6 is 0 Å². The maximum atomic E-state index is 2.53. The number of rotatable bonds is 7. The molecular formula is C70H52N2. The van der Waals surface area contributed by atoms with Gasteiger partial charge in [-0.3, -0.25) is 0 Å². The predicted molar refractivity (Wildman–Crippen MR) is 306 cm³/mol. The van der Waals surface area contributed by atoms with E-state index in [9.17, 15) is 0 Å². The van der Waals surface area contributed by atoms with Crippen LogP contribution in [-0.4, -0.2) is 0 Å². The van der Waals surface area contributed by atoms with E-state index in [0.29, 0.717) is 0 Å². The lowest BCUT2D eigenvalue weighted by atomic mass is 9.82. The summed E-state index contributed by atoms with van der Waals surface area (Å²) in [4.78, 5) is 4.97. The quantitative estimate of drug-likeness (QED) is 0.147. The average molecular weight is 921 g/mol. The first-order valence-electron chi connectivity index (χ1n) is 25.3. The van der Waals surface area contributed by atoms with Gasteiger partial charge in [-0.1, -0.05) is 210 Å². The summed E-state index contributed by atoms with van der Waals surface area (Å²) in [5, 5.41) is 9.72. The van der Waals surface area contributed by atoms with Gasteiger partial charge in [0.2, 0.25) is 0 Å². The summed E-state index contributed by atoms with van der Waals surface area (Å²) in [5.74, 6) is 0. The minimum absolute atomic E-state index is 0.123. The monoisotopic (exact) mass is 920 g/mol. The molecule has 2 aliphatic carbocycles. The van der Waals surface area contributed by atoms with E-state index in [1.165, 1.54) is 104 Å². The van der Waals surface area contributed by atoms with Crippen LogP contribution in [0.2, 0.25) is 0 Å². The summed E-state index contributed by atoms with van der Waals surface area (Å²) in [6, 6.07) is 90.6. The van der Waals surface area contributed by atoms with Crippen LogP contribution in [-0.2, 0) is 10.8 Å². The lowest BCUT2D eigenvalue weighted by molar-refractivity contribution is 0.660. The molecule has 0 saturated carbocycles. The molecule has 72 heavy (non-hydrogen) atoms. The molecule has 0 N–H and O–H groups in total. The molecule has 14 rings (SSSR count). The van der Waals surface area contributed by atoms with Crippen molar-refractivity contribution in [3.8, 4) is 33.4 Å². The fourth-order valence-corrected chi connectivity index (χ4v) is 12.6. The molecule has 0 heterocycles. The van der Waals surface area contributed by atoms with Crippen LogP contribution in [0.15, 0.2) is 243 Å². The Bertz CT molecular complexity index is 4120. The second-order valence-corrected chi connectivity index (χ2v) is 20.9. The number of hydrogen-bond acceptors (Lipinski definition) is 2. The Hall–Kier alpha value is -8.72. The van der Waals surface area contributed by atoms with Crippen molar-refractivity contribution in [2.45, 2.75) is 38.5 Å². The molecule has 0 amide bonds. The summed E-state index contributed by atoms with van der Waals surface area (Å²) in [6.07, 6.45) is 0. The van der Waals surface area contributed by atoms with Gasteiger partial charge in [0.05, 0.1) is 5.69 Å². The largest absolute Gasteiger partial charge is 0.310 e. The summed E-state index contributed by atoms with van der Waals surface area (Å²) in [6.45, 7) is 9.48. The molecular weight excluding hydrogens is 869 g/mol. The smallest absolute Gasteiger partial charge is 0.0618 e. The Kier molecular flexibility index (Phi) is 9.32. The molecule has 0 spiro atoms. The standard InChI is InChI=1S/C70H52N2/c1-69(2)63-27-15-13-21-55(63)57-39-37-53(43-65(57)69)71(51-35-29-45-17-5-7-19-48(45)41-51)50-33-31-47(32-34-50)67-59-23-9-11-25-61(59)68(62-26-12-10-24-60(62)67)72(52-36-30-46-18-6-8-20-49(46)42-52)54-38-40-58-56-22-14-16-28-64(56)70(3,4)66(58)44-54/h5-44H,1-4H3. The molecule has 2 nitrogen and oxygen atoms in total. The molecule has 2 aliphatic rings. The van der Waals surface area contributed by atoms with Gasteiger partial charge in [-0.15, -0.1) is 0 Å². The third-order valence-electron chi connectivity index (χ3n) is 16.2. The highest BCUT2D eigenvalue weighted by molar-refractivity contribution is 6.22. The molecule has 0 bridgehead atoms. The van der Waals surface area contributed by atoms with Crippen molar-refractivity contribution in [3.05, 3.63) is 265 Å². The highest BCUT2D eigenvalue weighted by Crippen LogP contribution is 2.54. The van der Waals surface area contributed by atoms with Gasteiger partial charge in [-0.25, -0.2) is 0 Å². The molecule has 0 aromatic heterocycles. The van der Waals surface area contributed by atoms with E-state index < -0.39 is 0 Å². The Balaban J connectivity index is 0.950. The Morgan fingerprint density at radius 2 is 0.625 bits per heavy atom. The van der Waals surface area contributed by atoms with E-state index in [2.05, 4.69) is 280 Å². The zero-order chi connectivity index (χ0) is 48.3. The van der Waals surface area contributed by atoms with Crippen LogP contribution in [0.5, 0.6) is 0 Å². The second kappa shape index (κ2) is 15.9. The fourth-order valence-electron chi connectivity index (χ4n) is 12.6. The number of anilines is 6. The van der Waals surface area contributed by atoms with E-state index >= 15 is 0 Å². The molecule has 0 aliphatic heterocycles. The first kappa shape index (κ1) is 42.2. The van der Waals surface area contributed by atoms with Crippen molar-refractivity contribution in [1.82, 2.24) is 0 Å². The summed E-state index contributed by atoms with van der Waals surface area (Å²) in [5.41, 5.74) is 19.7. The Labute approximate surface area is 421 Å². The van der Waals surface area contributed by atoms with Crippen LogP contribution in [0.1, 0.15) is 49.9 Å². The first-order chi connectivity index (χ1) is 35.2. The van der Waals surface area contributed by atoms with E-state index in [-0.39, 0.29) is 10.8 Å². The maximum absolute atomic E-state index is 2.53. The SMILES string of the molecule is CC1(C)c2ccccc2-c2ccc(N(c3ccc(-c4c5ccccc5c(N(c5ccc6c(c5)C(C)(C)c5ccccc5-6)c5ccc6ccccc6c5)c5ccccc45)cc3)c3ccc4ccccc4c3)cc21. The number of hydrogen-bond donors (Lipinski definition) is 0. The fraction of sp³-hybridized carbons (Fsp3) is 0.0857. The van der Waals surface area contributed by atoms with E-state index in [4.69, 9.17) is 0 Å². The molecule has 0 fully saturated rings. The van der Waals surface area contributed by atoms with Crippen LogP contribution in [0.4, 0.5) is 34.1 Å². The van der Waals surface area contributed by atoms with E-state index in [0.717, 1.165) is 28.4 Å². The molecule has 0 radical (unpaired) electrons. The van der Waals surface area contributed by atoms with Gasteiger partial charge in [0.25, 0.3) is 0 Å². The Morgan fingerprint density at radius 1 is 0.264 bits per heavy atom. The highest BCUT2D eigenvalue weighted by atomic mass is 15.2. The van der Waals surface area contributed by atoms with Gasteiger partial charge in [0, 0.05) is 50.0 Å². The van der Waals surface area contributed by atoms with Crippen molar-refractivity contribution >= 4 is 77.2 Å². The van der Waals surface area contributed by atoms with Crippen LogP contribution in [0.3, 0.4) is 0 Å². The van der Waals surface area contributed by atoms with Crippen LogP contribution < -0.4 is 9.80 Å². The van der Waals surface area contributed by atoms with Gasteiger partial charge in [-0.2, -0.15) is 0 Å². The van der Waals surface area contributed by atoms with Crippen LogP contribution in [0, 0.1) is 0 Å². The minimum atomic E-state index is -0.149. The van der Waals surface area contributed by atoms with Crippen molar-refractivity contribution in [3.63, 3.8) is 0 Å². The van der Waals surface area contributed by atoms with Crippen molar-refractivity contribution < 1.29 is 0 Å². The average Bonchev–Trinajstić information content (AvgIpc) is 3.79. The lowest BCUT2D eigenvalue weighted by Crippen LogP contribution is -2.17. The van der Waals surface area contributed by atoms with Crippen molar-refractivity contribution in [2.75, 3.05) is 9.80 Å². The normalized spacial score (nSPS) is 13.8. The van der Waals surface area contributed by atoms with E-state index in [1.54, 1.807) is 0 Å². The second-order valence-electron chi connectivity index (χ2n) is 20.9. The van der Waals surface area contributed by atoms with Gasteiger partial charge in [0.15, 0.2) is 0 Å². The van der Waals surface area contributed by atoms with Gasteiger partial charge in [-0.05, 0) is 149 Å². The zero-order valence-electron chi connectivity index (χ0n) is 41.0. The zero-order valence-corrected chi connectivity index (χ0v) is 41.0. The molecule has 342 valence electrons. The molecule has 0 atom stereocenters. The Morgan fingerprint density at radius 3 is 1.14 bits per heavy atom. The molecule has 0 saturated heterocycles.